The maximum atomic E-state index is 13.2. The molecule has 2 fully saturated rings. The van der Waals surface area contributed by atoms with Gasteiger partial charge >= 0.3 is 0 Å². The summed E-state index contributed by atoms with van der Waals surface area (Å²) in [4.78, 5) is 19.6. The van der Waals surface area contributed by atoms with Crippen LogP contribution in [-0.2, 0) is 16.8 Å². The molecule has 2 aromatic rings. The monoisotopic (exact) mass is 341 g/mol. The molecule has 2 aliphatic rings. The molecule has 1 saturated carbocycles. The minimum Gasteiger partial charge on any atom is -0.380 e. The predicted molar refractivity (Wildman–Crippen MR) is 91.1 cm³/mol. The molecule has 1 amide bonds. The van der Waals surface area contributed by atoms with Gasteiger partial charge in [-0.3, -0.25) is 4.79 Å². The van der Waals surface area contributed by atoms with E-state index in [1.165, 1.54) is 0 Å². The van der Waals surface area contributed by atoms with Crippen molar-refractivity contribution in [3.05, 3.63) is 47.1 Å². The Hall–Kier alpha value is -2.21. The van der Waals surface area contributed by atoms with Crippen LogP contribution in [0.15, 0.2) is 28.8 Å². The van der Waals surface area contributed by atoms with Gasteiger partial charge < -0.3 is 14.2 Å². The molecule has 1 aliphatic carbocycles. The minimum atomic E-state index is -0.173. The van der Waals surface area contributed by atoms with Crippen LogP contribution in [0.5, 0.6) is 0 Å². The van der Waals surface area contributed by atoms with Crippen molar-refractivity contribution in [2.45, 2.75) is 38.2 Å². The second-order valence-corrected chi connectivity index (χ2v) is 7.17. The fourth-order valence-electron chi connectivity index (χ4n) is 4.47. The smallest absolute Gasteiger partial charge is 0.254 e. The third-order valence-corrected chi connectivity index (χ3v) is 5.66. The zero-order valence-electron chi connectivity index (χ0n) is 14.7. The van der Waals surface area contributed by atoms with Gasteiger partial charge in [0.25, 0.3) is 5.91 Å². The zero-order valence-corrected chi connectivity index (χ0v) is 14.7. The molecule has 1 saturated heterocycles. The first-order chi connectivity index (χ1) is 12.1. The number of benzene rings is 1. The SMILES string of the molecule is COCc1ccccc1C(=O)N1C[C@@H]2CCC[C@]2(c2nc(C)no2)C1. The molecule has 1 aromatic heterocycles. The Morgan fingerprint density at radius 3 is 3.04 bits per heavy atom. The summed E-state index contributed by atoms with van der Waals surface area (Å²) in [5.41, 5.74) is 1.48. The Morgan fingerprint density at radius 1 is 1.44 bits per heavy atom. The minimum absolute atomic E-state index is 0.0673. The fraction of sp³-hybridized carbons (Fsp3) is 0.526. The highest BCUT2D eigenvalue weighted by Crippen LogP contribution is 2.50. The number of amides is 1. The maximum absolute atomic E-state index is 13.2. The molecule has 0 spiro atoms. The third kappa shape index (κ3) is 2.65. The van der Waals surface area contributed by atoms with E-state index in [0.29, 0.717) is 30.8 Å². The summed E-state index contributed by atoms with van der Waals surface area (Å²) in [7, 11) is 1.65. The molecule has 0 unspecified atom stereocenters. The van der Waals surface area contributed by atoms with Crippen molar-refractivity contribution in [3.8, 4) is 0 Å². The summed E-state index contributed by atoms with van der Waals surface area (Å²) in [6.07, 6.45) is 3.25. The Kier molecular flexibility index (Phi) is 4.07. The third-order valence-electron chi connectivity index (χ3n) is 5.66. The highest BCUT2D eigenvalue weighted by atomic mass is 16.5. The van der Waals surface area contributed by atoms with Crippen LogP contribution in [0.2, 0.25) is 0 Å². The van der Waals surface area contributed by atoms with Crippen LogP contribution in [0, 0.1) is 12.8 Å². The van der Waals surface area contributed by atoms with Crippen molar-refractivity contribution in [1.82, 2.24) is 15.0 Å². The Balaban J connectivity index is 1.62. The lowest BCUT2D eigenvalue weighted by Crippen LogP contribution is -2.35. The average Bonchev–Trinajstić information content (AvgIpc) is 3.28. The Labute approximate surface area is 147 Å². The van der Waals surface area contributed by atoms with E-state index in [1.54, 1.807) is 7.11 Å². The average molecular weight is 341 g/mol. The van der Waals surface area contributed by atoms with Gasteiger partial charge in [-0.15, -0.1) is 0 Å². The Morgan fingerprint density at radius 2 is 2.28 bits per heavy atom. The van der Waals surface area contributed by atoms with Gasteiger partial charge in [0.05, 0.1) is 12.0 Å². The van der Waals surface area contributed by atoms with E-state index >= 15 is 0 Å². The number of nitrogens with zero attached hydrogens (tertiary/aromatic N) is 3. The lowest BCUT2D eigenvalue weighted by Gasteiger charge is -2.24. The van der Waals surface area contributed by atoms with Gasteiger partial charge in [0, 0.05) is 25.8 Å². The second kappa shape index (κ2) is 6.26. The van der Waals surface area contributed by atoms with Gasteiger partial charge in [-0.2, -0.15) is 4.98 Å². The first kappa shape index (κ1) is 16.3. The number of ether oxygens (including phenoxy) is 1. The molecule has 0 radical (unpaired) electrons. The number of aromatic nitrogens is 2. The first-order valence-electron chi connectivity index (χ1n) is 8.81. The topological polar surface area (TPSA) is 68.5 Å². The number of hydrogen-bond donors (Lipinski definition) is 0. The molecular formula is C19H23N3O3. The maximum Gasteiger partial charge on any atom is 0.254 e. The van der Waals surface area contributed by atoms with Crippen LogP contribution >= 0.6 is 0 Å². The van der Waals surface area contributed by atoms with E-state index < -0.39 is 0 Å². The van der Waals surface area contributed by atoms with Crippen molar-refractivity contribution < 1.29 is 14.1 Å². The molecule has 25 heavy (non-hydrogen) atoms. The number of carbonyl (C=O) groups excluding carboxylic acids is 1. The highest BCUT2D eigenvalue weighted by molar-refractivity contribution is 5.96. The highest BCUT2D eigenvalue weighted by Gasteiger charge is 2.55. The van der Waals surface area contributed by atoms with Crippen LogP contribution in [0.3, 0.4) is 0 Å². The molecule has 6 nitrogen and oxygen atoms in total. The summed E-state index contributed by atoms with van der Waals surface area (Å²) in [5.74, 6) is 1.82. The van der Waals surface area contributed by atoms with E-state index in [9.17, 15) is 4.79 Å². The fourth-order valence-corrected chi connectivity index (χ4v) is 4.47. The van der Waals surface area contributed by atoms with Crippen LogP contribution in [0.25, 0.3) is 0 Å². The summed E-state index contributed by atoms with van der Waals surface area (Å²) in [6.45, 7) is 3.68. The first-order valence-corrected chi connectivity index (χ1v) is 8.81. The number of aryl methyl sites for hydroxylation is 1. The van der Waals surface area contributed by atoms with Crippen molar-refractivity contribution >= 4 is 5.91 Å². The summed E-state index contributed by atoms with van der Waals surface area (Å²) < 4.78 is 10.8. The molecular weight excluding hydrogens is 318 g/mol. The van der Waals surface area contributed by atoms with Gasteiger partial charge in [0.2, 0.25) is 5.89 Å². The number of hydrogen-bond acceptors (Lipinski definition) is 5. The molecule has 2 heterocycles. The molecule has 1 aliphatic heterocycles. The summed E-state index contributed by atoms with van der Waals surface area (Å²) in [6, 6.07) is 7.67. The zero-order chi connectivity index (χ0) is 17.4. The summed E-state index contributed by atoms with van der Waals surface area (Å²) >= 11 is 0. The van der Waals surface area contributed by atoms with Crippen LogP contribution < -0.4 is 0 Å². The largest absolute Gasteiger partial charge is 0.380 e. The van der Waals surface area contributed by atoms with E-state index in [2.05, 4.69) is 10.1 Å². The molecule has 0 N–H and O–H groups in total. The second-order valence-electron chi connectivity index (χ2n) is 7.17. The van der Waals surface area contributed by atoms with Crippen LogP contribution in [-0.4, -0.2) is 41.1 Å². The Bertz CT molecular complexity index is 788. The van der Waals surface area contributed by atoms with E-state index in [0.717, 1.165) is 36.9 Å². The van der Waals surface area contributed by atoms with Crippen LogP contribution in [0.1, 0.15) is 46.9 Å². The number of carbonyl (C=O) groups is 1. The van der Waals surface area contributed by atoms with Gasteiger partial charge in [-0.1, -0.05) is 29.8 Å². The normalized spacial score (nSPS) is 25.4. The van der Waals surface area contributed by atoms with Crippen molar-refractivity contribution in [2.75, 3.05) is 20.2 Å². The molecule has 132 valence electrons. The van der Waals surface area contributed by atoms with Crippen molar-refractivity contribution in [2.24, 2.45) is 5.92 Å². The number of fused-ring (bicyclic) bond motifs is 1. The summed E-state index contributed by atoms with van der Waals surface area (Å²) in [5, 5.41) is 3.98. The quantitative estimate of drug-likeness (QED) is 0.855. The lowest BCUT2D eigenvalue weighted by molar-refractivity contribution is 0.0770. The molecule has 1 aromatic carbocycles. The number of rotatable bonds is 4. The van der Waals surface area contributed by atoms with Crippen LogP contribution in [0.4, 0.5) is 0 Å². The van der Waals surface area contributed by atoms with Crippen molar-refractivity contribution in [1.29, 1.82) is 0 Å². The predicted octanol–water partition coefficient (Wildman–Crippen LogP) is 2.72. The molecule has 2 atom stereocenters. The number of likely N-dealkylation sites (tertiary alicyclic amines) is 1. The van der Waals surface area contributed by atoms with Gasteiger partial charge in [0.1, 0.15) is 0 Å². The molecule has 0 bridgehead atoms. The lowest BCUT2D eigenvalue weighted by atomic mass is 9.80. The van der Waals surface area contributed by atoms with Gasteiger partial charge in [-0.25, -0.2) is 0 Å². The number of methoxy groups -OCH3 is 1. The van der Waals surface area contributed by atoms with E-state index in [1.807, 2.05) is 36.1 Å². The van der Waals surface area contributed by atoms with E-state index in [4.69, 9.17) is 9.26 Å². The molecule has 4 rings (SSSR count). The standard InChI is InChI=1S/C19H23N3O3/c1-13-20-18(25-21-13)19-9-5-7-15(19)10-22(12-19)17(23)16-8-4-3-6-14(16)11-24-2/h3-4,6,8,15H,5,7,9-12H2,1-2H3/t15-,19-/m0/s1. The van der Waals surface area contributed by atoms with Gasteiger partial charge in [0.15, 0.2) is 5.82 Å². The molecule has 6 heteroatoms. The van der Waals surface area contributed by atoms with Gasteiger partial charge in [-0.05, 0) is 37.3 Å². The van der Waals surface area contributed by atoms with E-state index in [-0.39, 0.29) is 11.3 Å². The van der Waals surface area contributed by atoms with Crippen molar-refractivity contribution in [3.63, 3.8) is 0 Å².